The van der Waals surface area contributed by atoms with Crippen LogP contribution in [-0.2, 0) is 9.53 Å². The maximum atomic E-state index is 12.8. The fourth-order valence-corrected chi connectivity index (χ4v) is 3.25. The molecule has 1 aromatic carbocycles. The normalized spacial score (nSPS) is 25.8. The second kappa shape index (κ2) is 7.72. The van der Waals surface area contributed by atoms with Gasteiger partial charge in [0.15, 0.2) is 0 Å². The Morgan fingerprint density at radius 1 is 1.42 bits per heavy atom. The van der Waals surface area contributed by atoms with E-state index < -0.39 is 11.0 Å². The lowest BCUT2D eigenvalue weighted by molar-refractivity contribution is -0.171. The maximum Gasteiger partial charge on any atom is 0.241 e. The number of methoxy groups -OCH3 is 1. The second-order valence-electron chi connectivity index (χ2n) is 6.78. The minimum absolute atomic E-state index is 0. The summed E-state index contributed by atoms with van der Waals surface area (Å²) in [6.45, 7) is 8.50. The highest BCUT2D eigenvalue weighted by Crippen LogP contribution is 2.50. The van der Waals surface area contributed by atoms with E-state index in [2.05, 4.69) is 5.32 Å². The lowest BCUT2D eigenvalue weighted by atomic mass is 9.54. The standard InChI is InChI=1S/C18H28N2O3.ClH/c1-6-23-15-11-18(19,17(15,3)4)16(21)20-12(2)13-9-7-8-10-14(13)22-5;/h7-10,12,15H,6,11,19H2,1-5H3,(H,20,21);1H. The van der Waals surface area contributed by atoms with Crippen molar-refractivity contribution in [1.82, 2.24) is 5.32 Å². The average Bonchev–Trinajstić information content (AvgIpc) is 2.54. The first-order valence-electron chi connectivity index (χ1n) is 8.12. The summed E-state index contributed by atoms with van der Waals surface area (Å²) < 4.78 is 11.0. The molecule has 1 fully saturated rings. The number of benzene rings is 1. The molecule has 2 rings (SSSR count). The number of hydrogen-bond donors (Lipinski definition) is 2. The summed E-state index contributed by atoms with van der Waals surface area (Å²) in [5.74, 6) is 0.614. The van der Waals surface area contributed by atoms with Crippen LogP contribution in [0.3, 0.4) is 0 Å². The van der Waals surface area contributed by atoms with Gasteiger partial charge in [0.2, 0.25) is 5.91 Å². The number of carbonyl (C=O) groups excluding carboxylic acids is 1. The summed E-state index contributed by atoms with van der Waals surface area (Å²) in [7, 11) is 1.62. The number of halogens is 1. The minimum Gasteiger partial charge on any atom is -0.496 e. The van der Waals surface area contributed by atoms with Crippen molar-refractivity contribution in [3.63, 3.8) is 0 Å². The molecule has 3 unspecified atom stereocenters. The number of amides is 1. The lowest BCUT2D eigenvalue weighted by Crippen LogP contribution is -2.75. The maximum absolute atomic E-state index is 12.8. The van der Waals surface area contributed by atoms with Crippen LogP contribution in [0.25, 0.3) is 0 Å². The van der Waals surface area contributed by atoms with E-state index in [1.54, 1.807) is 7.11 Å². The van der Waals surface area contributed by atoms with Gasteiger partial charge in [0.1, 0.15) is 11.3 Å². The Labute approximate surface area is 150 Å². The van der Waals surface area contributed by atoms with Gasteiger partial charge in [-0.25, -0.2) is 0 Å². The molecule has 5 nitrogen and oxygen atoms in total. The van der Waals surface area contributed by atoms with E-state index in [4.69, 9.17) is 15.2 Å². The number of hydrogen-bond acceptors (Lipinski definition) is 4. The van der Waals surface area contributed by atoms with Crippen LogP contribution in [0.4, 0.5) is 0 Å². The van der Waals surface area contributed by atoms with Gasteiger partial charge in [0, 0.05) is 24.0 Å². The van der Waals surface area contributed by atoms with Crippen molar-refractivity contribution in [2.24, 2.45) is 11.1 Å². The van der Waals surface area contributed by atoms with E-state index in [-0.39, 0.29) is 30.5 Å². The van der Waals surface area contributed by atoms with Crippen molar-refractivity contribution < 1.29 is 14.3 Å². The van der Waals surface area contributed by atoms with E-state index in [0.29, 0.717) is 13.0 Å². The van der Waals surface area contributed by atoms with Crippen LogP contribution in [0.5, 0.6) is 5.75 Å². The summed E-state index contributed by atoms with van der Waals surface area (Å²) in [6, 6.07) is 7.48. The summed E-state index contributed by atoms with van der Waals surface area (Å²) in [5, 5.41) is 3.03. The molecule has 3 N–H and O–H groups in total. The van der Waals surface area contributed by atoms with E-state index in [9.17, 15) is 4.79 Å². The molecule has 1 aliphatic rings. The Morgan fingerprint density at radius 2 is 2.04 bits per heavy atom. The molecule has 1 amide bonds. The van der Waals surface area contributed by atoms with Gasteiger partial charge < -0.3 is 20.5 Å². The molecular formula is C18H29ClN2O3. The molecule has 0 bridgehead atoms. The molecule has 1 aliphatic carbocycles. The summed E-state index contributed by atoms with van der Waals surface area (Å²) in [6.07, 6.45) is 0.558. The Morgan fingerprint density at radius 3 is 2.58 bits per heavy atom. The number of nitrogens with two attached hydrogens (primary N) is 1. The van der Waals surface area contributed by atoms with Crippen LogP contribution >= 0.6 is 12.4 Å². The zero-order valence-corrected chi connectivity index (χ0v) is 15.9. The van der Waals surface area contributed by atoms with E-state index in [0.717, 1.165) is 11.3 Å². The molecule has 0 radical (unpaired) electrons. The first kappa shape index (κ1) is 20.7. The smallest absolute Gasteiger partial charge is 0.241 e. The Balaban J connectivity index is 0.00000288. The van der Waals surface area contributed by atoms with E-state index >= 15 is 0 Å². The van der Waals surface area contributed by atoms with Gasteiger partial charge in [-0.2, -0.15) is 0 Å². The van der Waals surface area contributed by atoms with Crippen LogP contribution in [0.2, 0.25) is 0 Å². The van der Waals surface area contributed by atoms with Crippen LogP contribution in [-0.4, -0.2) is 31.3 Å². The molecular weight excluding hydrogens is 328 g/mol. The first-order valence-corrected chi connectivity index (χ1v) is 8.12. The van der Waals surface area contributed by atoms with Gasteiger partial charge in [0.05, 0.1) is 19.3 Å². The third-order valence-corrected chi connectivity index (χ3v) is 5.19. The van der Waals surface area contributed by atoms with Crippen molar-refractivity contribution in [3.05, 3.63) is 29.8 Å². The number of ether oxygens (including phenoxy) is 2. The van der Waals surface area contributed by atoms with Crippen LogP contribution in [0, 0.1) is 5.41 Å². The van der Waals surface area contributed by atoms with Gasteiger partial charge in [-0.3, -0.25) is 4.79 Å². The highest BCUT2D eigenvalue weighted by atomic mass is 35.5. The number of rotatable bonds is 6. The molecule has 0 heterocycles. The fourth-order valence-electron chi connectivity index (χ4n) is 3.25. The monoisotopic (exact) mass is 356 g/mol. The van der Waals surface area contributed by atoms with E-state index in [1.165, 1.54) is 0 Å². The Kier molecular flexibility index (Phi) is 6.67. The van der Waals surface area contributed by atoms with Crippen LogP contribution < -0.4 is 15.8 Å². The van der Waals surface area contributed by atoms with Gasteiger partial charge in [-0.05, 0) is 19.9 Å². The van der Waals surface area contributed by atoms with Crippen LogP contribution in [0.15, 0.2) is 24.3 Å². The largest absolute Gasteiger partial charge is 0.496 e. The third-order valence-electron chi connectivity index (χ3n) is 5.19. The van der Waals surface area contributed by atoms with Crippen molar-refractivity contribution in [2.45, 2.75) is 51.8 Å². The molecule has 3 atom stereocenters. The molecule has 0 saturated heterocycles. The lowest BCUT2D eigenvalue weighted by Gasteiger charge is -2.57. The van der Waals surface area contributed by atoms with Gasteiger partial charge in [-0.15, -0.1) is 12.4 Å². The Hall–Kier alpha value is -1.30. The molecule has 1 saturated carbocycles. The summed E-state index contributed by atoms with van der Waals surface area (Å²) in [5.41, 5.74) is 6.05. The predicted molar refractivity (Wildman–Crippen MR) is 97.5 cm³/mol. The first-order chi connectivity index (χ1) is 10.8. The topological polar surface area (TPSA) is 73.6 Å². The molecule has 136 valence electrons. The number of carbonyl (C=O) groups is 1. The van der Waals surface area contributed by atoms with Crippen molar-refractivity contribution >= 4 is 18.3 Å². The fraction of sp³-hybridized carbons (Fsp3) is 0.611. The zero-order chi connectivity index (χ0) is 17.3. The molecule has 0 aliphatic heterocycles. The van der Waals surface area contributed by atoms with Crippen molar-refractivity contribution in [2.75, 3.05) is 13.7 Å². The minimum atomic E-state index is -0.914. The summed E-state index contributed by atoms with van der Waals surface area (Å²) >= 11 is 0. The van der Waals surface area contributed by atoms with Crippen molar-refractivity contribution in [3.8, 4) is 5.75 Å². The SMILES string of the molecule is CCOC1CC(N)(C(=O)NC(C)c2ccccc2OC)C1(C)C.Cl. The highest BCUT2D eigenvalue weighted by molar-refractivity contribution is 5.89. The molecule has 6 heteroatoms. The van der Waals surface area contributed by atoms with Crippen molar-refractivity contribution in [1.29, 1.82) is 0 Å². The molecule has 0 aromatic heterocycles. The van der Waals surface area contributed by atoms with Crippen LogP contribution in [0.1, 0.15) is 45.7 Å². The number of nitrogens with one attached hydrogen (secondary N) is 1. The zero-order valence-electron chi connectivity index (χ0n) is 15.1. The summed E-state index contributed by atoms with van der Waals surface area (Å²) in [4.78, 5) is 12.8. The van der Waals surface area contributed by atoms with Gasteiger partial charge in [-0.1, -0.05) is 32.0 Å². The van der Waals surface area contributed by atoms with Gasteiger partial charge >= 0.3 is 0 Å². The second-order valence-corrected chi connectivity index (χ2v) is 6.78. The van der Waals surface area contributed by atoms with Gasteiger partial charge in [0.25, 0.3) is 0 Å². The highest BCUT2D eigenvalue weighted by Gasteiger charge is 2.62. The number of para-hydroxylation sites is 1. The Bertz CT molecular complexity index is 579. The third kappa shape index (κ3) is 3.39. The van der Waals surface area contributed by atoms with E-state index in [1.807, 2.05) is 52.0 Å². The predicted octanol–water partition coefficient (Wildman–Crippen LogP) is 2.83. The average molecular weight is 357 g/mol. The molecule has 0 spiro atoms. The molecule has 24 heavy (non-hydrogen) atoms. The molecule has 1 aromatic rings. The quantitative estimate of drug-likeness (QED) is 0.822.